The number of nitrogens with one attached hydrogen (secondary N) is 1. The lowest BCUT2D eigenvalue weighted by atomic mass is 10.0. The number of Topliss-reactive ketones (excluding diaryl/α,β-unsaturated/α-hetero) is 1. The normalized spacial score (nSPS) is 12.6. The number of H-pyrrole nitrogens is 1. The molecule has 5 heteroatoms. The second-order valence-corrected chi connectivity index (χ2v) is 6.95. The summed E-state index contributed by atoms with van der Waals surface area (Å²) in [6.07, 6.45) is 3.10. The standard InChI is InChI=1S/C20H16FNO2S/c1-12-7-13(2)9-15(8-12)17(23)11-19-22-20(24)18(25-19)10-14-3-5-16(21)6-4-14/h3-11H,1-2H3,(H,22,24)/b18-10-,19-11-. The minimum absolute atomic E-state index is 0.155. The van der Waals surface area contributed by atoms with E-state index >= 15 is 0 Å². The lowest BCUT2D eigenvalue weighted by molar-refractivity contribution is 0.106. The van der Waals surface area contributed by atoms with E-state index in [0.717, 1.165) is 16.7 Å². The Morgan fingerprint density at radius 2 is 1.72 bits per heavy atom. The van der Waals surface area contributed by atoms with E-state index in [2.05, 4.69) is 4.98 Å². The van der Waals surface area contributed by atoms with Gasteiger partial charge >= 0.3 is 0 Å². The molecule has 0 amide bonds. The highest BCUT2D eigenvalue weighted by molar-refractivity contribution is 7.07. The van der Waals surface area contributed by atoms with Crippen molar-refractivity contribution >= 4 is 29.3 Å². The molecule has 0 aliphatic carbocycles. The molecular formula is C20H16FNO2S. The van der Waals surface area contributed by atoms with Crippen molar-refractivity contribution < 1.29 is 9.18 Å². The molecule has 1 N–H and O–H groups in total. The summed E-state index contributed by atoms with van der Waals surface area (Å²) in [5, 5.41) is 0. The van der Waals surface area contributed by atoms with Gasteiger partial charge in [-0.25, -0.2) is 4.39 Å². The van der Waals surface area contributed by atoms with Gasteiger partial charge in [0.05, 0.1) is 9.20 Å². The molecule has 3 aromatic rings. The van der Waals surface area contributed by atoms with Crippen molar-refractivity contribution in [1.29, 1.82) is 0 Å². The number of halogens is 1. The molecule has 0 bridgehead atoms. The van der Waals surface area contributed by atoms with Crippen LogP contribution < -0.4 is 14.8 Å². The van der Waals surface area contributed by atoms with Crippen LogP contribution in [0.25, 0.3) is 12.2 Å². The molecule has 0 unspecified atom stereocenters. The maximum Gasteiger partial charge on any atom is 0.266 e. The third-order valence-electron chi connectivity index (χ3n) is 3.62. The molecule has 25 heavy (non-hydrogen) atoms. The highest BCUT2D eigenvalue weighted by Gasteiger charge is 2.05. The van der Waals surface area contributed by atoms with Gasteiger partial charge in [0.1, 0.15) is 5.82 Å². The molecule has 0 radical (unpaired) electrons. The van der Waals surface area contributed by atoms with Crippen LogP contribution in [-0.4, -0.2) is 10.8 Å². The molecule has 0 spiro atoms. The summed E-state index contributed by atoms with van der Waals surface area (Å²) in [7, 11) is 0. The summed E-state index contributed by atoms with van der Waals surface area (Å²) in [6, 6.07) is 11.5. The van der Waals surface area contributed by atoms with Gasteiger partial charge in [-0.15, -0.1) is 11.3 Å². The Morgan fingerprint density at radius 1 is 1.08 bits per heavy atom. The molecule has 0 aliphatic heterocycles. The molecular weight excluding hydrogens is 337 g/mol. The van der Waals surface area contributed by atoms with E-state index in [1.807, 2.05) is 32.0 Å². The number of thiazole rings is 1. The number of hydrogen-bond donors (Lipinski definition) is 1. The van der Waals surface area contributed by atoms with E-state index in [9.17, 15) is 14.0 Å². The van der Waals surface area contributed by atoms with Crippen molar-refractivity contribution in [3.63, 3.8) is 0 Å². The Labute approximate surface area is 147 Å². The van der Waals surface area contributed by atoms with E-state index in [0.29, 0.717) is 14.8 Å². The predicted molar refractivity (Wildman–Crippen MR) is 98.9 cm³/mol. The fourth-order valence-electron chi connectivity index (χ4n) is 2.55. The van der Waals surface area contributed by atoms with Crippen molar-refractivity contribution in [3.8, 4) is 0 Å². The Kier molecular flexibility index (Phi) is 4.76. The number of carbonyl (C=O) groups excluding carboxylic acids is 1. The van der Waals surface area contributed by atoms with E-state index in [1.165, 1.54) is 29.5 Å². The van der Waals surface area contributed by atoms with Gasteiger partial charge in [0.15, 0.2) is 5.78 Å². The second kappa shape index (κ2) is 6.99. The number of benzene rings is 2. The number of rotatable bonds is 3. The van der Waals surface area contributed by atoms with Gasteiger partial charge in [-0.2, -0.15) is 0 Å². The topological polar surface area (TPSA) is 49.9 Å². The molecule has 126 valence electrons. The average molecular weight is 353 g/mol. The lowest BCUT2D eigenvalue weighted by Crippen LogP contribution is -2.20. The third-order valence-corrected chi connectivity index (χ3v) is 4.58. The minimum Gasteiger partial charge on any atom is -0.313 e. The van der Waals surface area contributed by atoms with Crippen LogP contribution in [0, 0.1) is 19.7 Å². The van der Waals surface area contributed by atoms with Crippen LogP contribution in [0.1, 0.15) is 27.0 Å². The van der Waals surface area contributed by atoms with Gasteiger partial charge in [-0.3, -0.25) is 9.59 Å². The van der Waals surface area contributed by atoms with Crippen molar-refractivity contribution in [3.05, 3.63) is 90.1 Å². The van der Waals surface area contributed by atoms with Gasteiger partial charge in [-0.05, 0) is 49.8 Å². The van der Waals surface area contributed by atoms with Crippen molar-refractivity contribution in [2.45, 2.75) is 13.8 Å². The monoisotopic (exact) mass is 353 g/mol. The molecule has 3 rings (SSSR count). The van der Waals surface area contributed by atoms with Gasteiger partial charge in [0, 0.05) is 11.6 Å². The zero-order chi connectivity index (χ0) is 18.0. The first-order chi connectivity index (χ1) is 11.9. The fraction of sp³-hybridized carbons (Fsp3) is 0.100. The first-order valence-corrected chi connectivity index (χ1v) is 8.53. The Morgan fingerprint density at radius 3 is 2.36 bits per heavy atom. The van der Waals surface area contributed by atoms with E-state index in [-0.39, 0.29) is 17.2 Å². The summed E-state index contributed by atoms with van der Waals surface area (Å²) >= 11 is 1.20. The number of aromatic nitrogens is 1. The fourth-order valence-corrected chi connectivity index (χ4v) is 3.44. The predicted octanol–water partition coefficient (Wildman–Crippen LogP) is 2.68. The summed E-state index contributed by atoms with van der Waals surface area (Å²) < 4.78 is 13.9. The molecule has 2 aromatic carbocycles. The minimum atomic E-state index is -0.328. The summed E-state index contributed by atoms with van der Waals surface area (Å²) in [4.78, 5) is 27.2. The Bertz CT molecular complexity index is 1090. The smallest absolute Gasteiger partial charge is 0.266 e. The molecule has 3 nitrogen and oxygen atoms in total. The molecule has 0 fully saturated rings. The van der Waals surface area contributed by atoms with Crippen molar-refractivity contribution in [2.24, 2.45) is 0 Å². The van der Waals surface area contributed by atoms with E-state index in [1.54, 1.807) is 18.2 Å². The van der Waals surface area contributed by atoms with Crippen LogP contribution in [-0.2, 0) is 0 Å². The molecule has 0 saturated carbocycles. The van der Waals surface area contributed by atoms with Crippen molar-refractivity contribution in [1.82, 2.24) is 4.98 Å². The molecule has 0 atom stereocenters. The van der Waals surface area contributed by atoms with Crippen LogP contribution in [0.3, 0.4) is 0 Å². The summed E-state index contributed by atoms with van der Waals surface area (Å²) in [5.41, 5.74) is 3.08. The molecule has 1 aromatic heterocycles. The van der Waals surface area contributed by atoms with Gasteiger partial charge in [0.25, 0.3) is 5.56 Å². The number of carbonyl (C=O) groups is 1. The first kappa shape index (κ1) is 17.0. The maximum atomic E-state index is 12.9. The summed E-state index contributed by atoms with van der Waals surface area (Å²) in [5.74, 6) is -0.483. The van der Waals surface area contributed by atoms with E-state index < -0.39 is 0 Å². The SMILES string of the molecule is Cc1cc(C)cc(C(=O)/C=c2/[nH]c(=O)/c(=C/c3ccc(F)cc3)s2)c1. The lowest BCUT2D eigenvalue weighted by Gasteiger charge is -2.00. The zero-order valence-electron chi connectivity index (χ0n) is 13.8. The number of aryl methyl sites for hydroxylation is 2. The van der Waals surface area contributed by atoms with Crippen LogP contribution >= 0.6 is 11.3 Å². The van der Waals surface area contributed by atoms with Gasteiger partial charge in [-0.1, -0.05) is 29.3 Å². The zero-order valence-corrected chi connectivity index (χ0v) is 14.6. The number of aromatic amines is 1. The van der Waals surface area contributed by atoms with E-state index in [4.69, 9.17) is 0 Å². The van der Waals surface area contributed by atoms with Crippen LogP contribution in [0.15, 0.2) is 47.3 Å². The van der Waals surface area contributed by atoms with Crippen LogP contribution in [0.2, 0.25) is 0 Å². The van der Waals surface area contributed by atoms with Crippen molar-refractivity contribution in [2.75, 3.05) is 0 Å². The Hall–Kier alpha value is -2.79. The van der Waals surface area contributed by atoms with Gasteiger partial charge in [0.2, 0.25) is 0 Å². The van der Waals surface area contributed by atoms with Crippen LogP contribution in [0.5, 0.6) is 0 Å². The number of hydrogen-bond acceptors (Lipinski definition) is 3. The highest BCUT2D eigenvalue weighted by Crippen LogP contribution is 2.10. The Balaban J connectivity index is 1.99. The summed E-state index contributed by atoms with van der Waals surface area (Å²) in [6.45, 7) is 3.87. The second-order valence-electron chi connectivity index (χ2n) is 5.87. The number of ketones is 1. The first-order valence-electron chi connectivity index (χ1n) is 7.71. The average Bonchev–Trinajstić information content (AvgIpc) is 2.88. The van der Waals surface area contributed by atoms with Crippen LogP contribution in [0.4, 0.5) is 4.39 Å². The molecule has 0 aliphatic rings. The molecule has 0 saturated heterocycles. The third kappa shape index (κ3) is 4.19. The van der Waals surface area contributed by atoms with Gasteiger partial charge < -0.3 is 4.98 Å². The highest BCUT2D eigenvalue weighted by atomic mass is 32.1. The maximum absolute atomic E-state index is 12.9. The largest absolute Gasteiger partial charge is 0.313 e. The quantitative estimate of drug-likeness (QED) is 0.736. The molecule has 1 heterocycles.